The highest BCUT2D eigenvalue weighted by atomic mass is 16.1. The van der Waals surface area contributed by atoms with Gasteiger partial charge >= 0.3 is 0 Å². The van der Waals surface area contributed by atoms with E-state index in [1.54, 1.807) is 0 Å². The molecule has 7 rings (SSSR count). The minimum absolute atomic E-state index is 0.142. The Kier molecular flexibility index (Phi) is 1.90. The van der Waals surface area contributed by atoms with Crippen molar-refractivity contribution < 1.29 is 9.59 Å². The first-order valence-electron chi connectivity index (χ1n) is 7.91. The fraction of sp³-hybridized carbons (Fsp3) is 0.875. The molecular weight excluding hydrogens is 252 g/mol. The fourth-order valence-corrected chi connectivity index (χ4v) is 7.50. The zero-order valence-corrected chi connectivity index (χ0v) is 11.4. The summed E-state index contributed by atoms with van der Waals surface area (Å²) in [5, 5.41) is 0. The normalized spacial score (nSPS) is 60.2. The van der Waals surface area contributed by atoms with Crippen molar-refractivity contribution >= 4 is 12.2 Å². The van der Waals surface area contributed by atoms with Crippen LogP contribution in [-0.2, 0) is 9.59 Å². The summed E-state index contributed by atoms with van der Waals surface area (Å²) >= 11 is 0. The first-order valence-corrected chi connectivity index (χ1v) is 7.91. The summed E-state index contributed by atoms with van der Waals surface area (Å²) in [5.74, 6) is 3.22. The van der Waals surface area contributed by atoms with Gasteiger partial charge in [0.2, 0.25) is 12.2 Å². The van der Waals surface area contributed by atoms with Crippen LogP contribution < -0.4 is 0 Å². The molecule has 0 amide bonds. The van der Waals surface area contributed by atoms with Gasteiger partial charge in [-0.25, -0.2) is 9.59 Å². The van der Waals surface area contributed by atoms with Crippen LogP contribution in [0.15, 0.2) is 9.98 Å². The molecule has 0 heterocycles. The standard InChI is InChI=1S/C16H18N2O2/c19-7-17-15-6-10-3-12-11(15)1-9-2-13(15)14(4-10)16(12,5-9)18-8-20/h9-14H,1-6H2. The van der Waals surface area contributed by atoms with Gasteiger partial charge in [0, 0.05) is 0 Å². The maximum absolute atomic E-state index is 11.0. The fourth-order valence-electron chi connectivity index (χ4n) is 7.50. The SMILES string of the molecule is O=C=NC12CC3CC4C1CC1CC2C(C3)C4(N=C=O)C1. The molecule has 4 nitrogen and oxygen atoms in total. The molecule has 0 aromatic heterocycles. The van der Waals surface area contributed by atoms with Gasteiger partial charge in [0.25, 0.3) is 0 Å². The molecule has 0 radical (unpaired) electrons. The maximum atomic E-state index is 11.0. The Balaban J connectivity index is 1.75. The molecular formula is C16H18N2O2. The van der Waals surface area contributed by atoms with E-state index in [9.17, 15) is 9.59 Å². The number of carbonyl (C=O) groups excluding carboxylic acids is 2. The molecule has 7 saturated carbocycles. The summed E-state index contributed by atoms with van der Waals surface area (Å²) in [6.45, 7) is 0. The second-order valence-electron chi connectivity index (χ2n) is 7.90. The van der Waals surface area contributed by atoms with Crippen LogP contribution in [0.5, 0.6) is 0 Å². The number of aliphatic imine (C=N–C) groups is 2. The van der Waals surface area contributed by atoms with E-state index in [-0.39, 0.29) is 11.1 Å². The first-order chi connectivity index (χ1) is 9.73. The molecule has 0 aromatic rings. The average Bonchev–Trinajstić information content (AvgIpc) is 2.45. The van der Waals surface area contributed by atoms with Gasteiger partial charge in [-0.05, 0) is 74.0 Å². The van der Waals surface area contributed by atoms with Gasteiger partial charge in [0.1, 0.15) is 0 Å². The van der Waals surface area contributed by atoms with Crippen LogP contribution in [0.1, 0.15) is 38.5 Å². The zero-order chi connectivity index (χ0) is 13.5. The lowest BCUT2D eigenvalue weighted by atomic mass is 9.31. The number of hydrogen-bond acceptors (Lipinski definition) is 4. The molecule has 0 saturated heterocycles. The average molecular weight is 270 g/mol. The van der Waals surface area contributed by atoms with Crippen molar-refractivity contribution in [1.82, 2.24) is 0 Å². The van der Waals surface area contributed by atoms with E-state index < -0.39 is 0 Å². The Morgan fingerprint density at radius 3 is 1.35 bits per heavy atom. The van der Waals surface area contributed by atoms with Crippen LogP contribution >= 0.6 is 0 Å². The van der Waals surface area contributed by atoms with Crippen molar-refractivity contribution in [1.29, 1.82) is 0 Å². The number of hydrogen-bond donors (Lipinski definition) is 0. The Labute approximate surface area is 117 Å². The lowest BCUT2D eigenvalue weighted by Gasteiger charge is -2.75. The van der Waals surface area contributed by atoms with E-state index in [4.69, 9.17) is 0 Å². The van der Waals surface area contributed by atoms with Crippen LogP contribution in [0.3, 0.4) is 0 Å². The summed E-state index contributed by atoms with van der Waals surface area (Å²) in [5.41, 5.74) is -0.284. The smallest absolute Gasteiger partial charge is 0.211 e. The van der Waals surface area contributed by atoms with E-state index >= 15 is 0 Å². The summed E-state index contributed by atoms with van der Waals surface area (Å²) in [6, 6.07) is 0. The van der Waals surface area contributed by atoms with Crippen LogP contribution in [0.2, 0.25) is 0 Å². The molecule has 7 aliphatic carbocycles. The topological polar surface area (TPSA) is 58.9 Å². The van der Waals surface area contributed by atoms with Crippen LogP contribution in [-0.4, -0.2) is 23.2 Å². The predicted octanol–water partition coefficient (Wildman–Crippen LogP) is 2.24. The Morgan fingerprint density at radius 1 is 0.700 bits per heavy atom. The molecule has 7 fully saturated rings. The first kappa shape index (κ1) is 11.4. The van der Waals surface area contributed by atoms with E-state index in [0.29, 0.717) is 35.5 Å². The molecule has 4 unspecified atom stereocenters. The van der Waals surface area contributed by atoms with Crippen molar-refractivity contribution in [2.75, 3.05) is 0 Å². The highest BCUT2D eigenvalue weighted by Crippen LogP contribution is 2.75. The largest absolute Gasteiger partial charge is 0.235 e. The van der Waals surface area contributed by atoms with E-state index in [1.165, 1.54) is 25.7 Å². The Hall–Kier alpha value is -1.24. The van der Waals surface area contributed by atoms with Crippen LogP contribution in [0.4, 0.5) is 0 Å². The lowest BCUT2D eigenvalue weighted by molar-refractivity contribution is -0.223. The third kappa shape index (κ3) is 0.993. The molecule has 0 aromatic carbocycles. The highest BCUT2D eigenvalue weighted by molar-refractivity contribution is 5.42. The predicted molar refractivity (Wildman–Crippen MR) is 70.3 cm³/mol. The molecule has 20 heavy (non-hydrogen) atoms. The summed E-state index contributed by atoms with van der Waals surface area (Å²) in [6.07, 6.45) is 10.7. The van der Waals surface area contributed by atoms with Gasteiger partial charge in [-0.1, -0.05) is 0 Å². The van der Waals surface area contributed by atoms with E-state index in [2.05, 4.69) is 9.98 Å². The van der Waals surface area contributed by atoms with E-state index in [1.807, 2.05) is 12.2 Å². The van der Waals surface area contributed by atoms with Crippen LogP contribution in [0, 0.1) is 35.5 Å². The second kappa shape index (κ2) is 3.32. The number of nitrogens with zero attached hydrogens (tertiary/aromatic N) is 2. The number of isocyanates is 2. The minimum atomic E-state index is -0.142. The molecule has 4 atom stereocenters. The molecule has 7 aliphatic rings. The van der Waals surface area contributed by atoms with Gasteiger partial charge in [-0.15, -0.1) is 0 Å². The van der Waals surface area contributed by atoms with E-state index in [0.717, 1.165) is 12.8 Å². The molecule has 0 aliphatic heterocycles. The highest BCUT2D eigenvalue weighted by Gasteiger charge is 2.76. The van der Waals surface area contributed by atoms with Gasteiger partial charge in [-0.3, -0.25) is 0 Å². The van der Waals surface area contributed by atoms with Gasteiger partial charge in [0.05, 0.1) is 11.1 Å². The lowest BCUT2D eigenvalue weighted by Crippen LogP contribution is -2.76. The monoisotopic (exact) mass is 270 g/mol. The van der Waals surface area contributed by atoms with Gasteiger partial charge in [0.15, 0.2) is 0 Å². The zero-order valence-electron chi connectivity index (χ0n) is 11.4. The summed E-state index contributed by atoms with van der Waals surface area (Å²) in [4.78, 5) is 30.9. The van der Waals surface area contributed by atoms with Crippen LogP contribution in [0.25, 0.3) is 0 Å². The van der Waals surface area contributed by atoms with Crippen molar-refractivity contribution in [3.63, 3.8) is 0 Å². The minimum Gasteiger partial charge on any atom is -0.211 e. The van der Waals surface area contributed by atoms with Gasteiger partial charge in [-0.2, -0.15) is 9.98 Å². The number of rotatable bonds is 2. The van der Waals surface area contributed by atoms with Gasteiger partial charge < -0.3 is 0 Å². The Morgan fingerprint density at radius 2 is 1.05 bits per heavy atom. The van der Waals surface area contributed by atoms with Crippen molar-refractivity contribution in [3.8, 4) is 0 Å². The third-order valence-electron chi connectivity index (χ3n) is 7.63. The summed E-state index contributed by atoms with van der Waals surface area (Å²) in [7, 11) is 0. The van der Waals surface area contributed by atoms with Crippen molar-refractivity contribution in [2.24, 2.45) is 45.5 Å². The molecule has 8 bridgehead atoms. The summed E-state index contributed by atoms with van der Waals surface area (Å²) < 4.78 is 0. The molecule has 0 N–H and O–H groups in total. The maximum Gasteiger partial charge on any atom is 0.235 e. The van der Waals surface area contributed by atoms with Crippen molar-refractivity contribution in [3.05, 3.63) is 0 Å². The quantitative estimate of drug-likeness (QED) is 0.570. The third-order valence-corrected chi connectivity index (χ3v) is 7.63. The Bertz CT molecular complexity index is 511. The molecule has 0 spiro atoms. The molecule has 4 heteroatoms. The molecule has 104 valence electrons. The van der Waals surface area contributed by atoms with Crippen molar-refractivity contribution in [2.45, 2.75) is 49.6 Å². The second-order valence-corrected chi connectivity index (χ2v) is 7.90.